The van der Waals surface area contributed by atoms with Crippen molar-refractivity contribution in [2.45, 2.75) is 26.3 Å². The lowest BCUT2D eigenvalue weighted by atomic mass is 9.98. The summed E-state index contributed by atoms with van der Waals surface area (Å²) < 4.78 is 5.61. The maximum atomic E-state index is 12.1. The summed E-state index contributed by atoms with van der Waals surface area (Å²) in [4.78, 5) is 12.1. The van der Waals surface area contributed by atoms with E-state index in [9.17, 15) is 4.79 Å². The van der Waals surface area contributed by atoms with Gasteiger partial charge < -0.3 is 15.4 Å². The van der Waals surface area contributed by atoms with E-state index in [1.807, 2.05) is 12.1 Å². The molecule has 0 saturated heterocycles. The summed E-state index contributed by atoms with van der Waals surface area (Å²) in [5, 5.41) is 6.42. The van der Waals surface area contributed by atoms with Crippen LogP contribution in [0.15, 0.2) is 18.2 Å². The van der Waals surface area contributed by atoms with Gasteiger partial charge in [-0.25, -0.2) is 0 Å². The topological polar surface area (TPSA) is 50.4 Å². The summed E-state index contributed by atoms with van der Waals surface area (Å²) in [6.45, 7) is 6.45. The number of carbonyl (C=O) groups excluding carboxylic acids is 1. The van der Waals surface area contributed by atoms with E-state index in [-0.39, 0.29) is 5.91 Å². The molecule has 1 aromatic carbocycles. The van der Waals surface area contributed by atoms with Gasteiger partial charge in [-0.3, -0.25) is 4.79 Å². The largest absolute Gasteiger partial charge is 0.491 e. The zero-order valence-electron chi connectivity index (χ0n) is 12.1. The molecule has 2 aliphatic rings. The third-order valence-electron chi connectivity index (χ3n) is 4.28. The molecule has 0 radical (unpaired) electrons. The lowest BCUT2D eigenvalue weighted by molar-refractivity contribution is 0.0957. The van der Waals surface area contributed by atoms with Crippen molar-refractivity contribution in [3.05, 3.63) is 29.3 Å². The third-order valence-corrected chi connectivity index (χ3v) is 4.28. The second-order valence-electron chi connectivity index (χ2n) is 5.77. The van der Waals surface area contributed by atoms with E-state index in [0.717, 1.165) is 12.5 Å². The Labute approximate surface area is 119 Å². The van der Waals surface area contributed by atoms with Crippen LogP contribution in [-0.2, 0) is 0 Å². The van der Waals surface area contributed by atoms with Gasteiger partial charge in [-0.05, 0) is 42.5 Å². The Balaban J connectivity index is 1.91. The van der Waals surface area contributed by atoms with Crippen molar-refractivity contribution in [1.82, 2.24) is 10.6 Å². The van der Waals surface area contributed by atoms with Gasteiger partial charge in [-0.1, -0.05) is 19.9 Å². The summed E-state index contributed by atoms with van der Waals surface area (Å²) in [5.41, 5.74) is 1.86. The van der Waals surface area contributed by atoms with E-state index in [1.54, 1.807) is 0 Å². The average molecular weight is 274 g/mol. The Morgan fingerprint density at radius 1 is 1.50 bits per heavy atom. The fourth-order valence-electron chi connectivity index (χ4n) is 3.02. The van der Waals surface area contributed by atoms with Gasteiger partial charge in [-0.15, -0.1) is 0 Å². The molecule has 108 valence electrons. The van der Waals surface area contributed by atoms with E-state index >= 15 is 0 Å². The highest BCUT2D eigenvalue weighted by molar-refractivity contribution is 5.97. The van der Waals surface area contributed by atoms with Crippen LogP contribution in [0.5, 0.6) is 5.75 Å². The number of nitrogens with one attached hydrogen (secondary N) is 2. The normalized spacial score (nSPS) is 26.0. The molecule has 3 atom stereocenters. The van der Waals surface area contributed by atoms with Crippen LogP contribution in [0.1, 0.15) is 42.2 Å². The van der Waals surface area contributed by atoms with Crippen molar-refractivity contribution in [3.8, 4) is 5.75 Å². The molecule has 4 nitrogen and oxygen atoms in total. The van der Waals surface area contributed by atoms with Gasteiger partial charge in [0, 0.05) is 6.04 Å². The van der Waals surface area contributed by atoms with Crippen molar-refractivity contribution in [2.75, 3.05) is 19.7 Å². The van der Waals surface area contributed by atoms with Gasteiger partial charge in [0.15, 0.2) is 0 Å². The molecule has 3 unspecified atom stereocenters. The Morgan fingerprint density at radius 2 is 2.30 bits per heavy atom. The molecule has 1 amide bonds. The fraction of sp³-hybridized carbons (Fsp3) is 0.562. The molecule has 4 heteroatoms. The zero-order chi connectivity index (χ0) is 14.1. The minimum Gasteiger partial charge on any atom is -0.491 e. The molecule has 2 N–H and O–H groups in total. The van der Waals surface area contributed by atoms with Crippen LogP contribution in [-0.4, -0.2) is 25.6 Å². The number of carbonyl (C=O) groups is 1. The first kappa shape index (κ1) is 13.4. The van der Waals surface area contributed by atoms with Gasteiger partial charge in [0.1, 0.15) is 12.4 Å². The van der Waals surface area contributed by atoms with Crippen LogP contribution in [0.4, 0.5) is 0 Å². The van der Waals surface area contributed by atoms with Crippen LogP contribution >= 0.6 is 0 Å². The molecular formula is C16H22N2O2. The third kappa shape index (κ3) is 2.52. The molecule has 0 spiro atoms. The van der Waals surface area contributed by atoms with Crippen LogP contribution in [0.25, 0.3) is 0 Å². The summed E-state index contributed by atoms with van der Waals surface area (Å²) in [6, 6.07) is 6.37. The number of amides is 1. The predicted molar refractivity (Wildman–Crippen MR) is 78.0 cm³/mol. The average Bonchev–Trinajstić information content (AvgIpc) is 3.20. The van der Waals surface area contributed by atoms with Gasteiger partial charge in [0.05, 0.1) is 12.1 Å². The summed E-state index contributed by atoms with van der Waals surface area (Å²) in [5.74, 6) is 2.12. The standard InChI is InChI=1S/C16H22N2O2/c1-3-17-15(12-8-10(12)2)11-4-5-14-13(9-11)16(19)18-6-7-20-14/h4-5,9-10,12,15,17H,3,6-8H2,1-2H3,(H,18,19). The predicted octanol–water partition coefficient (Wildman–Crippen LogP) is 2.12. The summed E-state index contributed by atoms with van der Waals surface area (Å²) >= 11 is 0. The Kier molecular flexibility index (Phi) is 3.66. The highest BCUT2D eigenvalue weighted by Gasteiger charge is 2.40. The van der Waals surface area contributed by atoms with Crippen LogP contribution in [0.2, 0.25) is 0 Å². The minimum absolute atomic E-state index is 0.0292. The van der Waals surface area contributed by atoms with Crippen molar-refractivity contribution >= 4 is 5.91 Å². The molecular weight excluding hydrogens is 252 g/mol. The van der Waals surface area contributed by atoms with E-state index < -0.39 is 0 Å². The molecule has 1 aliphatic carbocycles. The smallest absolute Gasteiger partial charge is 0.255 e. The quantitative estimate of drug-likeness (QED) is 0.884. The second-order valence-corrected chi connectivity index (χ2v) is 5.77. The van der Waals surface area contributed by atoms with Gasteiger partial charge in [0.2, 0.25) is 0 Å². The SMILES string of the molecule is CCNC(c1ccc2c(c1)C(=O)NCCO2)C1CC1C. The van der Waals surface area contributed by atoms with Crippen molar-refractivity contribution < 1.29 is 9.53 Å². The number of rotatable bonds is 4. The van der Waals surface area contributed by atoms with Crippen LogP contribution in [0, 0.1) is 11.8 Å². The number of fused-ring (bicyclic) bond motifs is 1. The summed E-state index contributed by atoms with van der Waals surface area (Å²) in [7, 11) is 0. The first-order valence-electron chi connectivity index (χ1n) is 7.49. The Bertz CT molecular complexity index is 515. The number of hydrogen-bond donors (Lipinski definition) is 2. The molecule has 1 saturated carbocycles. The Hall–Kier alpha value is -1.55. The first-order valence-corrected chi connectivity index (χ1v) is 7.49. The lowest BCUT2D eigenvalue weighted by Gasteiger charge is -2.19. The Morgan fingerprint density at radius 3 is 3.00 bits per heavy atom. The highest BCUT2D eigenvalue weighted by Crippen LogP contribution is 2.47. The maximum absolute atomic E-state index is 12.1. The highest BCUT2D eigenvalue weighted by atomic mass is 16.5. The molecule has 1 heterocycles. The lowest BCUT2D eigenvalue weighted by Crippen LogP contribution is -2.25. The maximum Gasteiger partial charge on any atom is 0.255 e. The van der Waals surface area contributed by atoms with Crippen molar-refractivity contribution in [1.29, 1.82) is 0 Å². The molecule has 1 fully saturated rings. The number of benzene rings is 1. The van der Waals surface area contributed by atoms with Crippen molar-refractivity contribution in [2.24, 2.45) is 11.8 Å². The molecule has 0 aromatic heterocycles. The molecule has 20 heavy (non-hydrogen) atoms. The first-order chi connectivity index (χ1) is 9.70. The molecule has 0 bridgehead atoms. The van der Waals surface area contributed by atoms with E-state index in [1.165, 1.54) is 12.0 Å². The van der Waals surface area contributed by atoms with Crippen LogP contribution in [0.3, 0.4) is 0 Å². The van der Waals surface area contributed by atoms with Gasteiger partial charge in [0.25, 0.3) is 5.91 Å². The van der Waals surface area contributed by atoms with Crippen molar-refractivity contribution in [3.63, 3.8) is 0 Å². The van der Waals surface area contributed by atoms with E-state index in [0.29, 0.717) is 36.4 Å². The van der Waals surface area contributed by atoms with E-state index in [2.05, 4.69) is 30.5 Å². The minimum atomic E-state index is -0.0292. The fourth-order valence-corrected chi connectivity index (χ4v) is 3.02. The molecule has 3 rings (SSSR count). The van der Waals surface area contributed by atoms with Gasteiger partial charge >= 0.3 is 0 Å². The number of ether oxygens (including phenoxy) is 1. The second kappa shape index (κ2) is 5.44. The summed E-state index contributed by atoms with van der Waals surface area (Å²) in [6.07, 6.45) is 1.26. The molecule has 1 aromatic rings. The van der Waals surface area contributed by atoms with Crippen LogP contribution < -0.4 is 15.4 Å². The zero-order valence-corrected chi connectivity index (χ0v) is 12.1. The van der Waals surface area contributed by atoms with E-state index in [4.69, 9.17) is 4.74 Å². The number of hydrogen-bond acceptors (Lipinski definition) is 3. The molecule has 1 aliphatic heterocycles. The van der Waals surface area contributed by atoms with Gasteiger partial charge in [-0.2, -0.15) is 0 Å². The monoisotopic (exact) mass is 274 g/mol.